The molecule has 0 fully saturated rings. The average Bonchev–Trinajstić information content (AvgIpc) is 2.34. The van der Waals surface area contributed by atoms with Gasteiger partial charge in [-0.05, 0) is 24.0 Å². The Morgan fingerprint density at radius 1 is 1.37 bits per heavy atom. The van der Waals surface area contributed by atoms with Crippen LogP contribution in [0.25, 0.3) is 0 Å². The number of thioether (sulfide) groups is 1. The maximum absolute atomic E-state index is 13.0. The van der Waals surface area contributed by atoms with Crippen molar-refractivity contribution >= 4 is 17.7 Å². The zero-order valence-electron chi connectivity index (χ0n) is 11.2. The third-order valence-electron chi connectivity index (χ3n) is 2.67. The molecule has 0 bridgehead atoms. The summed E-state index contributed by atoms with van der Waals surface area (Å²) in [4.78, 5) is 11.6. The van der Waals surface area contributed by atoms with Gasteiger partial charge in [0.05, 0.1) is 5.56 Å². The lowest BCUT2D eigenvalue weighted by Crippen LogP contribution is -2.06. The van der Waals surface area contributed by atoms with Gasteiger partial charge in [-0.3, -0.25) is 0 Å². The highest BCUT2D eigenvalue weighted by atomic mass is 32.2. The molecular formula is C14H18F2O2S. The van der Waals surface area contributed by atoms with Gasteiger partial charge < -0.3 is 5.11 Å². The van der Waals surface area contributed by atoms with E-state index in [1.54, 1.807) is 6.92 Å². The topological polar surface area (TPSA) is 37.3 Å². The second kappa shape index (κ2) is 6.89. The highest BCUT2D eigenvalue weighted by molar-refractivity contribution is 7.99. The highest BCUT2D eigenvalue weighted by Crippen LogP contribution is 2.36. The van der Waals surface area contributed by atoms with Gasteiger partial charge in [0.2, 0.25) is 0 Å². The molecule has 0 aliphatic heterocycles. The van der Waals surface area contributed by atoms with Crippen LogP contribution in [0.4, 0.5) is 8.78 Å². The van der Waals surface area contributed by atoms with Crippen molar-refractivity contribution in [1.82, 2.24) is 0 Å². The number of rotatable bonds is 6. The van der Waals surface area contributed by atoms with Crippen molar-refractivity contribution in [3.05, 3.63) is 28.8 Å². The molecule has 1 aromatic carbocycles. The number of benzene rings is 1. The summed E-state index contributed by atoms with van der Waals surface area (Å²) in [6, 6.07) is 2.51. The number of carboxylic acids is 1. The first kappa shape index (κ1) is 16.0. The highest BCUT2D eigenvalue weighted by Gasteiger charge is 2.21. The molecule has 0 saturated carbocycles. The van der Waals surface area contributed by atoms with Gasteiger partial charge in [-0.2, -0.15) is 0 Å². The van der Waals surface area contributed by atoms with Gasteiger partial charge in [0.15, 0.2) is 0 Å². The summed E-state index contributed by atoms with van der Waals surface area (Å²) in [5.74, 6) is -0.0201. The summed E-state index contributed by atoms with van der Waals surface area (Å²) in [6.07, 6.45) is -2.15. The Hall–Kier alpha value is -1.10. The molecule has 0 aromatic heterocycles. The van der Waals surface area contributed by atoms with Crippen LogP contribution < -0.4 is 0 Å². The number of carbonyl (C=O) groups is 1. The van der Waals surface area contributed by atoms with Gasteiger partial charge in [-0.1, -0.05) is 26.8 Å². The summed E-state index contributed by atoms with van der Waals surface area (Å²) in [5, 5.41) is 9.13. The zero-order chi connectivity index (χ0) is 14.6. The van der Waals surface area contributed by atoms with Gasteiger partial charge in [0.25, 0.3) is 6.43 Å². The molecule has 0 radical (unpaired) electrons. The van der Waals surface area contributed by atoms with E-state index in [4.69, 9.17) is 5.11 Å². The molecule has 1 N–H and O–H groups in total. The van der Waals surface area contributed by atoms with Crippen molar-refractivity contribution in [3.8, 4) is 0 Å². The molecule has 5 heteroatoms. The monoisotopic (exact) mass is 288 g/mol. The fourth-order valence-electron chi connectivity index (χ4n) is 1.79. The van der Waals surface area contributed by atoms with Crippen LogP contribution in [-0.4, -0.2) is 16.8 Å². The molecule has 0 heterocycles. The predicted octanol–water partition coefficient (Wildman–Crippen LogP) is 4.63. The Kier molecular flexibility index (Phi) is 5.79. The van der Waals surface area contributed by atoms with E-state index >= 15 is 0 Å². The molecule has 19 heavy (non-hydrogen) atoms. The van der Waals surface area contributed by atoms with Crippen LogP contribution in [0.2, 0.25) is 0 Å². The van der Waals surface area contributed by atoms with E-state index in [9.17, 15) is 13.6 Å². The standard InChI is InChI=1S/C14H18F2O2S/c1-4-9-10(14(17)18)5-6-11(13(15)16)12(9)19-7-8(2)3/h5-6,8,13H,4,7H2,1-3H3,(H,17,18). The lowest BCUT2D eigenvalue weighted by Gasteiger charge is -2.16. The van der Waals surface area contributed by atoms with E-state index in [0.29, 0.717) is 28.6 Å². The molecule has 0 unspecified atom stereocenters. The first-order chi connectivity index (χ1) is 8.88. The Labute approximate surface area is 116 Å². The number of carboxylic acid groups (broad SMARTS) is 1. The van der Waals surface area contributed by atoms with Crippen molar-refractivity contribution < 1.29 is 18.7 Å². The van der Waals surface area contributed by atoms with Crippen molar-refractivity contribution in [2.24, 2.45) is 5.92 Å². The molecule has 2 nitrogen and oxygen atoms in total. The normalized spacial score (nSPS) is 11.3. The lowest BCUT2D eigenvalue weighted by atomic mass is 10.0. The molecule has 0 aliphatic rings. The molecule has 0 aliphatic carbocycles. The fraction of sp³-hybridized carbons (Fsp3) is 0.500. The molecule has 0 spiro atoms. The van der Waals surface area contributed by atoms with Crippen LogP contribution in [0.1, 0.15) is 48.7 Å². The first-order valence-corrected chi connectivity index (χ1v) is 7.17. The van der Waals surface area contributed by atoms with E-state index in [1.807, 2.05) is 13.8 Å². The Bertz CT molecular complexity index is 459. The number of alkyl halides is 2. The minimum absolute atomic E-state index is 0.0625. The maximum atomic E-state index is 13.0. The molecule has 1 rings (SSSR count). The summed E-state index contributed by atoms with van der Waals surface area (Å²) in [5.41, 5.74) is 0.571. The molecule has 0 atom stereocenters. The van der Waals surface area contributed by atoms with Gasteiger partial charge in [-0.15, -0.1) is 11.8 Å². The van der Waals surface area contributed by atoms with E-state index in [-0.39, 0.29) is 11.1 Å². The van der Waals surface area contributed by atoms with Crippen LogP contribution in [0.15, 0.2) is 17.0 Å². The van der Waals surface area contributed by atoms with Crippen LogP contribution in [0.5, 0.6) is 0 Å². The lowest BCUT2D eigenvalue weighted by molar-refractivity contribution is 0.0694. The van der Waals surface area contributed by atoms with Gasteiger partial charge in [0.1, 0.15) is 0 Å². The van der Waals surface area contributed by atoms with Crippen molar-refractivity contribution in [2.45, 2.75) is 38.5 Å². The molecule has 0 saturated heterocycles. The van der Waals surface area contributed by atoms with E-state index in [2.05, 4.69) is 0 Å². The Morgan fingerprint density at radius 2 is 2.00 bits per heavy atom. The number of halogens is 2. The average molecular weight is 288 g/mol. The Morgan fingerprint density at radius 3 is 2.42 bits per heavy atom. The maximum Gasteiger partial charge on any atom is 0.336 e. The second-order valence-electron chi connectivity index (χ2n) is 4.67. The number of hydrogen-bond donors (Lipinski definition) is 1. The van der Waals surface area contributed by atoms with Crippen LogP contribution >= 0.6 is 11.8 Å². The quantitative estimate of drug-likeness (QED) is 0.775. The third-order valence-corrected chi connectivity index (χ3v) is 4.28. The molecule has 1 aromatic rings. The van der Waals surface area contributed by atoms with E-state index < -0.39 is 12.4 Å². The summed E-state index contributed by atoms with van der Waals surface area (Å²) >= 11 is 1.32. The van der Waals surface area contributed by atoms with Gasteiger partial charge in [0, 0.05) is 16.2 Å². The smallest absolute Gasteiger partial charge is 0.336 e. The van der Waals surface area contributed by atoms with Crippen molar-refractivity contribution in [1.29, 1.82) is 0 Å². The van der Waals surface area contributed by atoms with Gasteiger partial charge in [-0.25, -0.2) is 13.6 Å². The van der Waals surface area contributed by atoms with E-state index in [1.165, 1.54) is 23.9 Å². The predicted molar refractivity (Wildman–Crippen MR) is 73.3 cm³/mol. The van der Waals surface area contributed by atoms with E-state index in [0.717, 1.165) is 0 Å². The van der Waals surface area contributed by atoms with Crippen LogP contribution in [0, 0.1) is 5.92 Å². The summed E-state index contributed by atoms with van der Waals surface area (Å²) < 4.78 is 26.1. The zero-order valence-corrected chi connectivity index (χ0v) is 12.1. The van der Waals surface area contributed by atoms with Crippen molar-refractivity contribution in [2.75, 3.05) is 5.75 Å². The Balaban J connectivity index is 3.32. The van der Waals surface area contributed by atoms with Gasteiger partial charge >= 0.3 is 5.97 Å². The number of hydrogen-bond acceptors (Lipinski definition) is 2. The van der Waals surface area contributed by atoms with Crippen LogP contribution in [0.3, 0.4) is 0 Å². The first-order valence-electron chi connectivity index (χ1n) is 6.18. The van der Waals surface area contributed by atoms with Crippen LogP contribution in [-0.2, 0) is 6.42 Å². The SMILES string of the molecule is CCc1c(C(=O)O)ccc(C(F)F)c1SCC(C)C. The van der Waals surface area contributed by atoms with Crippen molar-refractivity contribution in [3.63, 3.8) is 0 Å². The number of aromatic carboxylic acids is 1. The summed E-state index contributed by atoms with van der Waals surface area (Å²) in [7, 11) is 0. The minimum atomic E-state index is -2.58. The molecule has 106 valence electrons. The molecule has 0 amide bonds. The minimum Gasteiger partial charge on any atom is -0.478 e. The fourth-order valence-corrected chi connectivity index (χ4v) is 3.04. The third kappa shape index (κ3) is 3.93. The largest absolute Gasteiger partial charge is 0.478 e. The summed E-state index contributed by atoms with van der Waals surface area (Å²) in [6.45, 7) is 5.79. The molecular weight excluding hydrogens is 270 g/mol. The second-order valence-corrected chi connectivity index (χ2v) is 5.70.